The summed E-state index contributed by atoms with van der Waals surface area (Å²) in [4.78, 5) is 0. The molecule has 5 nitrogen and oxygen atoms in total. The molecule has 106 valence electrons. The highest BCUT2D eigenvalue weighted by atomic mass is 16.5. The topological polar surface area (TPSA) is 64.5 Å². The first-order valence-corrected chi connectivity index (χ1v) is 6.61. The number of hydrogen-bond donors (Lipinski definition) is 2. The second-order valence-electron chi connectivity index (χ2n) is 4.71. The molecular formula is C14H22NO4+. The van der Waals surface area contributed by atoms with E-state index < -0.39 is 0 Å². The number of quaternary nitrogens is 1. The Morgan fingerprint density at radius 3 is 2.53 bits per heavy atom. The maximum absolute atomic E-state index is 9.83. The first-order chi connectivity index (χ1) is 9.24. The SMILES string of the molecule is COc1cc(C[NH2+]C[C@@H]2CCCO2)cc(OC)c1O. The maximum Gasteiger partial charge on any atom is 0.200 e. The van der Waals surface area contributed by atoms with Crippen molar-refractivity contribution in [3.8, 4) is 17.2 Å². The van der Waals surface area contributed by atoms with E-state index in [9.17, 15) is 5.11 Å². The Balaban J connectivity index is 1.95. The Hall–Kier alpha value is -1.46. The second kappa shape index (κ2) is 6.63. The summed E-state index contributed by atoms with van der Waals surface area (Å²) in [5, 5.41) is 12.0. The fraction of sp³-hybridized carbons (Fsp3) is 0.571. The zero-order valence-electron chi connectivity index (χ0n) is 11.5. The molecule has 0 bridgehead atoms. The van der Waals surface area contributed by atoms with E-state index in [1.807, 2.05) is 12.1 Å². The minimum atomic E-state index is 0.0490. The number of nitrogens with two attached hydrogens (primary N) is 1. The zero-order valence-corrected chi connectivity index (χ0v) is 11.5. The molecule has 0 unspecified atom stereocenters. The van der Waals surface area contributed by atoms with Crippen molar-refractivity contribution in [2.75, 3.05) is 27.4 Å². The molecule has 1 aliphatic rings. The van der Waals surface area contributed by atoms with Gasteiger partial charge in [0, 0.05) is 12.2 Å². The summed E-state index contributed by atoms with van der Waals surface area (Å²) in [5.74, 6) is 0.938. The van der Waals surface area contributed by atoms with Crippen molar-refractivity contribution in [2.24, 2.45) is 0 Å². The summed E-state index contributed by atoms with van der Waals surface area (Å²) in [6.45, 7) is 2.66. The quantitative estimate of drug-likeness (QED) is 0.795. The lowest BCUT2D eigenvalue weighted by Crippen LogP contribution is -2.84. The van der Waals surface area contributed by atoms with Gasteiger partial charge in [-0.25, -0.2) is 0 Å². The van der Waals surface area contributed by atoms with Crippen LogP contribution in [0.1, 0.15) is 18.4 Å². The van der Waals surface area contributed by atoms with Crippen LogP contribution in [-0.2, 0) is 11.3 Å². The predicted molar refractivity (Wildman–Crippen MR) is 70.7 cm³/mol. The molecule has 0 aromatic heterocycles. The number of benzene rings is 1. The molecule has 1 heterocycles. The Labute approximate surface area is 113 Å². The van der Waals surface area contributed by atoms with Gasteiger partial charge in [-0.3, -0.25) is 0 Å². The third-order valence-corrected chi connectivity index (χ3v) is 3.37. The van der Waals surface area contributed by atoms with Crippen LogP contribution < -0.4 is 14.8 Å². The van der Waals surface area contributed by atoms with Gasteiger partial charge in [-0.15, -0.1) is 0 Å². The van der Waals surface area contributed by atoms with E-state index in [1.54, 1.807) is 0 Å². The standard InChI is InChI=1S/C14H21NO4/c1-17-12-6-10(7-13(18-2)14(12)16)8-15-9-11-4-3-5-19-11/h6-7,11,15-16H,3-5,8-9H2,1-2H3/p+1/t11-/m0/s1. The third-order valence-electron chi connectivity index (χ3n) is 3.37. The van der Waals surface area contributed by atoms with Crippen LogP contribution in [0.5, 0.6) is 17.2 Å². The van der Waals surface area contributed by atoms with Gasteiger partial charge in [-0.05, 0) is 25.0 Å². The van der Waals surface area contributed by atoms with E-state index in [4.69, 9.17) is 14.2 Å². The number of ether oxygens (including phenoxy) is 3. The number of phenols is 1. The van der Waals surface area contributed by atoms with Crippen LogP contribution in [0.2, 0.25) is 0 Å². The van der Waals surface area contributed by atoms with Crippen molar-refractivity contribution in [1.82, 2.24) is 0 Å². The van der Waals surface area contributed by atoms with Gasteiger partial charge in [0.05, 0.1) is 14.2 Å². The van der Waals surface area contributed by atoms with Gasteiger partial charge >= 0.3 is 0 Å². The number of methoxy groups -OCH3 is 2. The minimum absolute atomic E-state index is 0.0490. The van der Waals surface area contributed by atoms with Crippen LogP contribution in [0.3, 0.4) is 0 Å². The molecular weight excluding hydrogens is 246 g/mol. The highest BCUT2D eigenvalue weighted by Gasteiger charge is 2.17. The summed E-state index contributed by atoms with van der Waals surface area (Å²) in [7, 11) is 3.07. The first-order valence-electron chi connectivity index (χ1n) is 6.61. The molecule has 1 saturated heterocycles. The van der Waals surface area contributed by atoms with E-state index in [0.29, 0.717) is 17.6 Å². The van der Waals surface area contributed by atoms with Crippen molar-refractivity contribution in [3.05, 3.63) is 17.7 Å². The maximum atomic E-state index is 9.83. The number of hydrogen-bond acceptors (Lipinski definition) is 4. The molecule has 19 heavy (non-hydrogen) atoms. The van der Waals surface area contributed by atoms with Gasteiger partial charge in [-0.2, -0.15) is 0 Å². The van der Waals surface area contributed by atoms with Crippen molar-refractivity contribution in [3.63, 3.8) is 0 Å². The first kappa shape index (κ1) is 14.0. The zero-order chi connectivity index (χ0) is 13.7. The number of aromatic hydroxyl groups is 1. The van der Waals surface area contributed by atoms with Gasteiger partial charge in [0.15, 0.2) is 11.5 Å². The highest BCUT2D eigenvalue weighted by Crippen LogP contribution is 2.36. The monoisotopic (exact) mass is 268 g/mol. The van der Waals surface area contributed by atoms with E-state index in [0.717, 1.165) is 31.7 Å². The summed E-state index contributed by atoms with van der Waals surface area (Å²) >= 11 is 0. The van der Waals surface area contributed by atoms with E-state index >= 15 is 0 Å². The molecule has 3 N–H and O–H groups in total. The number of rotatable bonds is 6. The van der Waals surface area contributed by atoms with Crippen LogP contribution in [0.4, 0.5) is 0 Å². The summed E-state index contributed by atoms with van der Waals surface area (Å²) in [5.41, 5.74) is 1.06. The van der Waals surface area contributed by atoms with Gasteiger partial charge in [0.25, 0.3) is 0 Å². The lowest BCUT2D eigenvalue weighted by Gasteiger charge is -2.12. The fourth-order valence-corrected chi connectivity index (χ4v) is 2.33. The van der Waals surface area contributed by atoms with Crippen LogP contribution in [0.15, 0.2) is 12.1 Å². The molecule has 0 amide bonds. The lowest BCUT2D eigenvalue weighted by molar-refractivity contribution is -0.676. The molecule has 0 radical (unpaired) electrons. The molecule has 1 aliphatic heterocycles. The van der Waals surface area contributed by atoms with Gasteiger partial charge in [-0.1, -0.05) is 0 Å². The molecule has 5 heteroatoms. The largest absolute Gasteiger partial charge is 0.502 e. The molecule has 0 saturated carbocycles. The average molecular weight is 268 g/mol. The van der Waals surface area contributed by atoms with Gasteiger partial charge < -0.3 is 24.6 Å². The van der Waals surface area contributed by atoms with Crippen molar-refractivity contribution in [1.29, 1.82) is 0 Å². The molecule has 1 atom stereocenters. The minimum Gasteiger partial charge on any atom is -0.502 e. The normalized spacial score (nSPS) is 18.5. The molecule has 0 aliphatic carbocycles. The summed E-state index contributed by atoms with van der Waals surface area (Å²) in [6.07, 6.45) is 2.69. The molecule has 1 fully saturated rings. The summed E-state index contributed by atoms with van der Waals surface area (Å²) in [6, 6.07) is 3.67. The highest BCUT2D eigenvalue weighted by molar-refractivity contribution is 5.52. The Kier molecular flexibility index (Phi) is 4.87. The van der Waals surface area contributed by atoms with Crippen LogP contribution in [0.25, 0.3) is 0 Å². The van der Waals surface area contributed by atoms with Crippen LogP contribution in [-0.4, -0.2) is 38.6 Å². The Morgan fingerprint density at radius 2 is 2.00 bits per heavy atom. The molecule has 1 aromatic carbocycles. The summed E-state index contributed by atoms with van der Waals surface area (Å²) < 4.78 is 15.9. The van der Waals surface area contributed by atoms with Crippen molar-refractivity contribution < 1.29 is 24.6 Å². The molecule has 0 spiro atoms. The third kappa shape index (κ3) is 3.52. The number of phenolic OH excluding ortho intramolecular Hbond substituents is 1. The Bertz CT molecular complexity index is 391. The van der Waals surface area contributed by atoms with E-state index in [-0.39, 0.29) is 5.75 Å². The van der Waals surface area contributed by atoms with Gasteiger partial charge in [0.1, 0.15) is 19.2 Å². The van der Waals surface area contributed by atoms with E-state index in [2.05, 4.69) is 5.32 Å². The van der Waals surface area contributed by atoms with Gasteiger partial charge in [0.2, 0.25) is 5.75 Å². The predicted octanol–water partition coefficient (Wildman–Crippen LogP) is 0.652. The molecule has 1 aromatic rings. The van der Waals surface area contributed by atoms with Crippen LogP contribution in [0, 0.1) is 0 Å². The van der Waals surface area contributed by atoms with E-state index in [1.165, 1.54) is 20.6 Å². The van der Waals surface area contributed by atoms with Crippen molar-refractivity contribution in [2.45, 2.75) is 25.5 Å². The van der Waals surface area contributed by atoms with Crippen LogP contribution >= 0.6 is 0 Å². The smallest absolute Gasteiger partial charge is 0.200 e. The Morgan fingerprint density at radius 1 is 1.32 bits per heavy atom. The second-order valence-corrected chi connectivity index (χ2v) is 4.71. The lowest BCUT2D eigenvalue weighted by atomic mass is 10.1. The fourth-order valence-electron chi connectivity index (χ4n) is 2.33. The molecule has 2 rings (SSSR count). The van der Waals surface area contributed by atoms with Crippen molar-refractivity contribution >= 4 is 0 Å². The average Bonchev–Trinajstić information content (AvgIpc) is 2.93.